The van der Waals surface area contributed by atoms with E-state index in [0.29, 0.717) is 18.6 Å². The molecular weight excluding hydrogens is 402 g/mol. The summed E-state index contributed by atoms with van der Waals surface area (Å²) >= 11 is 0. The van der Waals surface area contributed by atoms with Gasteiger partial charge in [-0.1, -0.05) is 45.4 Å². The van der Waals surface area contributed by atoms with Crippen molar-refractivity contribution in [1.82, 2.24) is 0 Å². The number of hydrogen-bond donors (Lipinski definition) is 4. The molecule has 0 saturated carbocycles. The Morgan fingerprint density at radius 2 is 1.47 bits per heavy atom. The maximum absolute atomic E-state index is 12.6. The minimum absolute atomic E-state index is 0.00361. The molecule has 0 radical (unpaired) electrons. The summed E-state index contributed by atoms with van der Waals surface area (Å²) in [5.74, 6) is 0.0969. The van der Waals surface area contributed by atoms with Crippen LogP contribution in [0.3, 0.4) is 0 Å². The molecule has 1 aromatic rings. The minimum atomic E-state index is -0.121. The van der Waals surface area contributed by atoms with Crippen molar-refractivity contribution in [2.75, 3.05) is 6.54 Å². The number of guanidine groups is 1. The van der Waals surface area contributed by atoms with Crippen LogP contribution >= 0.6 is 0 Å². The second-order valence-corrected chi connectivity index (χ2v) is 8.14. The molecule has 0 spiro atoms. The fraction of sp³-hybridized carbons (Fsp3) is 0.542. The van der Waals surface area contributed by atoms with E-state index in [4.69, 9.17) is 22.6 Å². The van der Waals surface area contributed by atoms with Crippen LogP contribution < -0.4 is 17.2 Å². The van der Waals surface area contributed by atoms with E-state index < -0.39 is 0 Å². The fourth-order valence-electron chi connectivity index (χ4n) is 3.29. The van der Waals surface area contributed by atoms with Crippen molar-refractivity contribution >= 4 is 29.0 Å². The van der Waals surface area contributed by atoms with Crippen LogP contribution in [0.15, 0.2) is 33.4 Å². The Balaban J connectivity index is 2.93. The van der Waals surface area contributed by atoms with Crippen molar-refractivity contribution in [3.05, 3.63) is 34.9 Å². The number of amidine groups is 1. The van der Waals surface area contributed by atoms with Crippen LogP contribution in [0, 0.1) is 5.41 Å². The molecule has 0 unspecified atom stereocenters. The van der Waals surface area contributed by atoms with Crippen molar-refractivity contribution in [1.29, 1.82) is 5.41 Å². The van der Waals surface area contributed by atoms with Gasteiger partial charge < -0.3 is 17.2 Å². The maximum atomic E-state index is 12.6. The van der Waals surface area contributed by atoms with Gasteiger partial charge in [0.05, 0.1) is 12.3 Å². The number of Topliss-reactive ketones (excluding diaryl/α,β-unsaturated/α-hetero) is 1. The molecule has 0 aromatic heterocycles. The number of carbonyl (C=O) groups excluding carboxylic acids is 1. The Bertz CT molecular complexity index is 852. The number of nitrogens with zero attached hydrogens (tertiary/aromatic N) is 3. The van der Waals surface area contributed by atoms with Gasteiger partial charge in [0.25, 0.3) is 0 Å². The number of unbranched alkanes of at least 4 members (excludes halogenated alkanes) is 6. The fourth-order valence-corrected chi connectivity index (χ4v) is 3.29. The third-order valence-corrected chi connectivity index (χ3v) is 5.09. The van der Waals surface area contributed by atoms with Gasteiger partial charge in [-0.3, -0.25) is 15.2 Å². The zero-order valence-electron chi connectivity index (χ0n) is 19.8. The minimum Gasteiger partial charge on any atom is -0.386 e. The molecule has 1 aromatic carbocycles. The average Bonchev–Trinajstić information content (AvgIpc) is 2.74. The van der Waals surface area contributed by atoms with E-state index in [1.54, 1.807) is 6.92 Å². The van der Waals surface area contributed by atoms with Crippen LogP contribution in [0.25, 0.3) is 0 Å². The lowest BCUT2D eigenvalue weighted by molar-refractivity contribution is -0.118. The summed E-state index contributed by atoms with van der Waals surface area (Å²) in [6.07, 6.45) is 9.24. The van der Waals surface area contributed by atoms with Gasteiger partial charge >= 0.3 is 0 Å². The van der Waals surface area contributed by atoms with Gasteiger partial charge in [0.1, 0.15) is 11.6 Å². The first kappa shape index (κ1) is 27.0. The second-order valence-electron chi connectivity index (χ2n) is 8.14. The molecule has 0 aliphatic heterocycles. The molecule has 32 heavy (non-hydrogen) atoms. The number of nitrogens with one attached hydrogen (secondary N) is 1. The van der Waals surface area contributed by atoms with Crippen LogP contribution in [0.1, 0.15) is 88.8 Å². The van der Waals surface area contributed by atoms with E-state index in [2.05, 4.69) is 22.1 Å². The summed E-state index contributed by atoms with van der Waals surface area (Å²) in [6.45, 7) is 6.00. The summed E-state index contributed by atoms with van der Waals surface area (Å²) in [7, 11) is 0. The SMILES string of the molecule is CCCCCCCCCC(=O)Cc1cc(C(C)=NCC(=N)N)cc(/C(C)=N\N=C(N)N)c1. The summed E-state index contributed by atoms with van der Waals surface area (Å²) in [5, 5.41) is 15.2. The summed E-state index contributed by atoms with van der Waals surface area (Å²) < 4.78 is 0. The van der Waals surface area contributed by atoms with Gasteiger partial charge in [-0.2, -0.15) is 5.10 Å². The molecule has 0 atom stereocenters. The average molecular weight is 442 g/mol. The molecule has 0 heterocycles. The van der Waals surface area contributed by atoms with Crippen LogP contribution in [0.4, 0.5) is 0 Å². The Hall–Kier alpha value is -3.03. The van der Waals surface area contributed by atoms with Crippen molar-refractivity contribution in [3.8, 4) is 0 Å². The Labute approximate surface area is 192 Å². The molecule has 0 aliphatic rings. The van der Waals surface area contributed by atoms with Gasteiger partial charge in [0, 0.05) is 18.6 Å². The number of rotatable bonds is 15. The van der Waals surface area contributed by atoms with E-state index in [0.717, 1.165) is 35.2 Å². The highest BCUT2D eigenvalue weighted by molar-refractivity contribution is 6.05. The molecule has 0 amide bonds. The standard InChI is InChI=1S/C24H39N7O/c1-4-5-6-7-8-9-10-11-22(32)14-19-12-20(17(2)29-16-23(25)26)15-21(13-19)18(3)30-31-24(27)28/h12-13,15H,4-11,14,16H2,1-3H3,(H3,25,26)(H4,27,28,31)/b29-17?,30-18-. The molecule has 8 heteroatoms. The number of carbonyl (C=O) groups is 1. The third kappa shape index (κ3) is 11.4. The van der Waals surface area contributed by atoms with Gasteiger partial charge in [-0.15, -0.1) is 5.10 Å². The van der Waals surface area contributed by atoms with E-state index in [1.165, 1.54) is 32.1 Å². The Kier molecular flexibility index (Phi) is 12.6. The van der Waals surface area contributed by atoms with Crippen molar-refractivity contribution < 1.29 is 4.79 Å². The van der Waals surface area contributed by atoms with E-state index >= 15 is 0 Å². The lowest BCUT2D eigenvalue weighted by Crippen LogP contribution is -2.22. The first-order valence-corrected chi connectivity index (χ1v) is 11.4. The van der Waals surface area contributed by atoms with Gasteiger partial charge in [-0.05, 0) is 55.2 Å². The topological polar surface area (TPSA) is 156 Å². The highest BCUT2D eigenvalue weighted by atomic mass is 16.1. The molecular formula is C24H39N7O. The zero-order valence-corrected chi connectivity index (χ0v) is 19.8. The maximum Gasteiger partial charge on any atom is 0.211 e. The van der Waals surface area contributed by atoms with E-state index in [1.807, 2.05) is 25.1 Å². The van der Waals surface area contributed by atoms with Crippen LogP contribution in [0.2, 0.25) is 0 Å². The first-order chi connectivity index (χ1) is 15.2. The number of ketones is 1. The third-order valence-electron chi connectivity index (χ3n) is 5.09. The lowest BCUT2D eigenvalue weighted by Gasteiger charge is -2.10. The van der Waals surface area contributed by atoms with Crippen LogP contribution in [-0.2, 0) is 11.2 Å². The predicted octanol–water partition coefficient (Wildman–Crippen LogP) is 3.68. The van der Waals surface area contributed by atoms with Gasteiger partial charge in [0.15, 0.2) is 0 Å². The van der Waals surface area contributed by atoms with Crippen LogP contribution in [0.5, 0.6) is 0 Å². The summed E-state index contributed by atoms with van der Waals surface area (Å²) in [4.78, 5) is 16.9. The molecule has 1 rings (SSSR count). The number of nitrogens with two attached hydrogens (primary N) is 3. The zero-order chi connectivity index (χ0) is 23.9. The molecule has 176 valence electrons. The normalized spacial score (nSPS) is 12.0. The van der Waals surface area contributed by atoms with Gasteiger partial charge in [-0.25, -0.2) is 0 Å². The molecule has 0 bridgehead atoms. The number of benzene rings is 1. The molecule has 0 saturated heterocycles. The number of aliphatic imine (C=N–C) groups is 1. The van der Waals surface area contributed by atoms with Crippen molar-refractivity contribution in [2.24, 2.45) is 32.4 Å². The molecule has 7 N–H and O–H groups in total. The quantitative estimate of drug-likeness (QED) is 0.142. The van der Waals surface area contributed by atoms with Crippen LogP contribution in [-0.4, -0.2) is 35.5 Å². The monoisotopic (exact) mass is 441 g/mol. The molecule has 8 nitrogen and oxygen atoms in total. The largest absolute Gasteiger partial charge is 0.386 e. The Morgan fingerprint density at radius 1 is 0.875 bits per heavy atom. The predicted molar refractivity (Wildman–Crippen MR) is 135 cm³/mol. The summed E-state index contributed by atoms with van der Waals surface area (Å²) in [6, 6.07) is 5.81. The van der Waals surface area contributed by atoms with E-state index in [9.17, 15) is 4.79 Å². The highest BCUT2D eigenvalue weighted by Gasteiger charge is 2.10. The van der Waals surface area contributed by atoms with Gasteiger partial charge in [0.2, 0.25) is 5.96 Å². The lowest BCUT2D eigenvalue weighted by atomic mass is 9.96. The Morgan fingerprint density at radius 3 is 2.06 bits per heavy atom. The molecule has 0 aliphatic carbocycles. The second kappa shape index (κ2) is 14.9. The smallest absolute Gasteiger partial charge is 0.211 e. The molecule has 0 fully saturated rings. The van der Waals surface area contributed by atoms with Crippen molar-refractivity contribution in [3.63, 3.8) is 0 Å². The first-order valence-electron chi connectivity index (χ1n) is 11.4. The summed E-state index contributed by atoms with van der Waals surface area (Å²) in [5.41, 5.74) is 20.1. The number of hydrogen-bond acceptors (Lipinski definition) is 5. The highest BCUT2D eigenvalue weighted by Crippen LogP contribution is 2.16. The van der Waals surface area contributed by atoms with Crippen molar-refractivity contribution in [2.45, 2.75) is 78.6 Å². The van der Waals surface area contributed by atoms with E-state index in [-0.39, 0.29) is 24.1 Å².